The van der Waals surface area contributed by atoms with Crippen LogP contribution in [0.15, 0.2) is 59.5 Å². The van der Waals surface area contributed by atoms with Crippen LogP contribution in [0.2, 0.25) is 0 Å². The highest BCUT2D eigenvalue weighted by Gasteiger charge is 2.16. The van der Waals surface area contributed by atoms with E-state index in [1.807, 2.05) is 37.3 Å². The average molecular weight is 320 g/mol. The third-order valence-electron chi connectivity index (χ3n) is 3.15. The van der Waals surface area contributed by atoms with Gasteiger partial charge in [-0.2, -0.15) is 0 Å². The third-order valence-corrected chi connectivity index (χ3v) is 4.57. The fraction of sp³-hybridized carbons (Fsp3) is 0.250. The molecule has 22 heavy (non-hydrogen) atoms. The Morgan fingerprint density at radius 1 is 1.14 bits per heavy atom. The van der Waals surface area contributed by atoms with Crippen molar-refractivity contribution in [2.45, 2.75) is 17.9 Å². The van der Waals surface area contributed by atoms with E-state index in [2.05, 4.69) is 4.72 Å². The Morgan fingerprint density at radius 2 is 1.86 bits per heavy atom. The van der Waals surface area contributed by atoms with E-state index in [9.17, 15) is 8.42 Å². The molecule has 0 aromatic heterocycles. The fourth-order valence-corrected chi connectivity index (χ4v) is 3.09. The smallest absolute Gasteiger partial charge is 0.240 e. The van der Waals surface area contributed by atoms with Crippen molar-refractivity contribution in [2.75, 3.05) is 13.2 Å². The van der Waals surface area contributed by atoms with Crippen LogP contribution in [0.1, 0.15) is 18.5 Å². The van der Waals surface area contributed by atoms with Gasteiger partial charge in [-0.15, -0.1) is 0 Å². The molecule has 1 atom stereocenters. The first-order valence-electron chi connectivity index (χ1n) is 7.06. The van der Waals surface area contributed by atoms with Gasteiger partial charge in [0.05, 0.1) is 11.5 Å². The van der Waals surface area contributed by atoms with E-state index in [4.69, 9.17) is 10.5 Å². The maximum Gasteiger partial charge on any atom is 0.240 e. The highest BCUT2D eigenvalue weighted by Crippen LogP contribution is 2.18. The lowest BCUT2D eigenvalue weighted by atomic mass is 10.1. The van der Waals surface area contributed by atoms with Crippen molar-refractivity contribution in [3.63, 3.8) is 0 Å². The predicted molar refractivity (Wildman–Crippen MR) is 86.2 cm³/mol. The number of sulfonamides is 1. The van der Waals surface area contributed by atoms with Crippen molar-refractivity contribution in [2.24, 2.45) is 5.73 Å². The summed E-state index contributed by atoms with van der Waals surface area (Å²) in [6.45, 7) is 2.46. The number of hydrogen-bond acceptors (Lipinski definition) is 4. The maximum absolute atomic E-state index is 12.3. The summed E-state index contributed by atoms with van der Waals surface area (Å²) in [5.74, 6) is 0.526. The Hall–Kier alpha value is -1.89. The summed E-state index contributed by atoms with van der Waals surface area (Å²) in [7, 11) is -3.61. The van der Waals surface area contributed by atoms with Crippen molar-refractivity contribution < 1.29 is 13.2 Å². The molecule has 2 aromatic rings. The predicted octanol–water partition coefficient (Wildman–Crippen LogP) is 2.06. The van der Waals surface area contributed by atoms with E-state index in [0.717, 1.165) is 5.56 Å². The summed E-state index contributed by atoms with van der Waals surface area (Å²) in [6, 6.07) is 15.4. The molecule has 0 saturated heterocycles. The second kappa shape index (κ2) is 7.40. The van der Waals surface area contributed by atoms with Crippen LogP contribution in [0.4, 0.5) is 0 Å². The summed E-state index contributed by atoms with van der Waals surface area (Å²) in [5, 5.41) is 0. The summed E-state index contributed by atoms with van der Waals surface area (Å²) >= 11 is 0. The molecule has 5 nitrogen and oxygen atoms in total. The van der Waals surface area contributed by atoms with Crippen LogP contribution in [-0.2, 0) is 10.0 Å². The topological polar surface area (TPSA) is 81.4 Å². The standard InChI is InChI=1S/C16H20N2O3S/c1-2-21-14-9-6-10-15(11-14)22(19,20)18-12-16(17)13-7-4-3-5-8-13/h3-11,16,18H,2,12,17H2,1H3. The van der Waals surface area contributed by atoms with Crippen molar-refractivity contribution >= 4 is 10.0 Å². The Bertz CT molecular complexity index is 702. The molecule has 0 radical (unpaired) electrons. The monoisotopic (exact) mass is 320 g/mol. The Labute approximate surface area is 131 Å². The van der Waals surface area contributed by atoms with E-state index in [-0.39, 0.29) is 11.4 Å². The molecule has 1 unspecified atom stereocenters. The molecule has 0 aliphatic carbocycles. The van der Waals surface area contributed by atoms with Crippen LogP contribution in [0.5, 0.6) is 5.75 Å². The lowest BCUT2D eigenvalue weighted by Crippen LogP contribution is -2.32. The lowest BCUT2D eigenvalue weighted by molar-refractivity contribution is 0.339. The zero-order chi connectivity index (χ0) is 16.0. The van der Waals surface area contributed by atoms with Gasteiger partial charge in [0.2, 0.25) is 10.0 Å². The highest BCUT2D eigenvalue weighted by atomic mass is 32.2. The Kier molecular flexibility index (Phi) is 5.54. The Balaban J connectivity index is 2.06. The first-order valence-corrected chi connectivity index (χ1v) is 8.54. The number of benzene rings is 2. The van der Waals surface area contributed by atoms with Gasteiger partial charge in [-0.05, 0) is 24.6 Å². The quantitative estimate of drug-likeness (QED) is 0.818. The first-order chi connectivity index (χ1) is 10.5. The minimum atomic E-state index is -3.61. The minimum absolute atomic E-state index is 0.130. The van der Waals surface area contributed by atoms with Gasteiger partial charge in [0.25, 0.3) is 0 Å². The van der Waals surface area contributed by atoms with Gasteiger partial charge in [-0.25, -0.2) is 13.1 Å². The highest BCUT2D eigenvalue weighted by molar-refractivity contribution is 7.89. The summed E-state index contributed by atoms with van der Waals surface area (Å²) in [4.78, 5) is 0.165. The van der Waals surface area contributed by atoms with Crippen molar-refractivity contribution in [1.29, 1.82) is 0 Å². The van der Waals surface area contributed by atoms with Gasteiger partial charge in [0.15, 0.2) is 0 Å². The average Bonchev–Trinajstić information content (AvgIpc) is 2.54. The number of hydrogen-bond donors (Lipinski definition) is 2. The molecular formula is C16H20N2O3S. The molecule has 2 rings (SSSR count). The zero-order valence-electron chi connectivity index (χ0n) is 12.4. The van der Waals surface area contributed by atoms with Crippen molar-refractivity contribution in [1.82, 2.24) is 4.72 Å². The van der Waals surface area contributed by atoms with Gasteiger partial charge in [0, 0.05) is 18.7 Å². The zero-order valence-corrected chi connectivity index (χ0v) is 13.2. The van der Waals surface area contributed by atoms with Gasteiger partial charge in [0.1, 0.15) is 5.75 Å². The van der Waals surface area contributed by atoms with Crippen LogP contribution in [0.25, 0.3) is 0 Å². The molecule has 6 heteroatoms. The normalized spacial score (nSPS) is 12.8. The molecule has 0 aliphatic heterocycles. The lowest BCUT2D eigenvalue weighted by Gasteiger charge is -2.14. The SMILES string of the molecule is CCOc1cccc(S(=O)(=O)NCC(N)c2ccccc2)c1. The van der Waals surface area contributed by atoms with E-state index in [1.165, 1.54) is 12.1 Å². The molecule has 0 aliphatic rings. The van der Waals surface area contributed by atoms with E-state index >= 15 is 0 Å². The van der Waals surface area contributed by atoms with Gasteiger partial charge in [-0.3, -0.25) is 0 Å². The second-order valence-corrected chi connectivity index (χ2v) is 6.54. The number of ether oxygens (including phenoxy) is 1. The molecule has 0 saturated carbocycles. The van der Waals surface area contributed by atoms with Gasteiger partial charge in [-0.1, -0.05) is 36.4 Å². The molecular weight excluding hydrogens is 300 g/mol. The summed E-state index contributed by atoms with van der Waals surface area (Å²) < 4.78 is 32.5. The van der Waals surface area contributed by atoms with E-state index in [0.29, 0.717) is 12.4 Å². The molecule has 118 valence electrons. The second-order valence-electron chi connectivity index (χ2n) is 4.78. The molecule has 3 N–H and O–H groups in total. The van der Waals surface area contributed by atoms with Crippen molar-refractivity contribution in [3.8, 4) is 5.75 Å². The largest absolute Gasteiger partial charge is 0.494 e. The van der Waals surface area contributed by atoms with E-state index < -0.39 is 16.1 Å². The molecule has 0 amide bonds. The number of nitrogens with one attached hydrogen (secondary N) is 1. The van der Waals surface area contributed by atoms with Crippen molar-refractivity contribution in [3.05, 3.63) is 60.2 Å². The molecule has 0 fully saturated rings. The molecule has 0 spiro atoms. The summed E-state index contributed by atoms with van der Waals surface area (Å²) in [5.41, 5.74) is 6.89. The number of nitrogens with two attached hydrogens (primary N) is 1. The first kappa shape index (κ1) is 16.5. The van der Waals surface area contributed by atoms with E-state index in [1.54, 1.807) is 12.1 Å². The number of rotatable bonds is 7. The third kappa shape index (κ3) is 4.30. The summed E-state index contributed by atoms with van der Waals surface area (Å²) in [6.07, 6.45) is 0. The van der Waals surface area contributed by atoms with Crippen LogP contribution in [0.3, 0.4) is 0 Å². The minimum Gasteiger partial charge on any atom is -0.494 e. The van der Waals surface area contributed by atoms with Gasteiger partial charge < -0.3 is 10.5 Å². The molecule has 0 heterocycles. The molecule has 0 bridgehead atoms. The van der Waals surface area contributed by atoms with Crippen LogP contribution in [0, 0.1) is 0 Å². The van der Waals surface area contributed by atoms with Gasteiger partial charge >= 0.3 is 0 Å². The Morgan fingerprint density at radius 3 is 2.55 bits per heavy atom. The van der Waals surface area contributed by atoms with Crippen LogP contribution >= 0.6 is 0 Å². The van der Waals surface area contributed by atoms with Crippen LogP contribution in [-0.4, -0.2) is 21.6 Å². The fourth-order valence-electron chi connectivity index (χ4n) is 2.00. The molecule has 2 aromatic carbocycles. The maximum atomic E-state index is 12.3. The van der Waals surface area contributed by atoms with Crippen LogP contribution < -0.4 is 15.2 Å².